The van der Waals surface area contributed by atoms with Crippen molar-refractivity contribution in [2.24, 2.45) is 11.8 Å². The van der Waals surface area contributed by atoms with Gasteiger partial charge in [0.05, 0.1) is 13.2 Å². The van der Waals surface area contributed by atoms with Gasteiger partial charge < -0.3 is 9.47 Å². The molecule has 0 aromatic rings. The molecular formula is C11H20O2. The van der Waals surface area contributed by atoms with E-state index in [4.69, 9.17) is 9.47 Å². The van der Waals surface area contributed by atoms with Crippen molar-refractivity contribution in [2.45, 2.75) is 45.3 Å². The molecule has 0 aromatic carbocycles. The molecule has 2 rings (SSSR count). The zero-order chi connectivity index (χ0) is 9.31. The second-order valence-electron chi connectivity index (χ2n) is 4.74. The Morgan fingerprint density at radius 1 is 1.08 bits per heavy atom. The molecule has 0 bridgehead atoms. The van der Waals surface area contributed by atoms with Gasteiger partial charge in [-0.2, -0.15) is 0 Å². The molecule has 0 atom stereocenters. The summed E-state index contributed by atoms with van der Waals surface area (Å²) in [6.07, 6.45) is 4.76. The predicted molar refractivity (Wildman–Crippen MR) is 51.4 cm³/mol. The maximum Gasteiger partial charge on any atom is 0.168 e. The lowest BCUT2D eigenvalue weighted by molar-refractivity contribution is -0.282. The van der Waals surface area contributed by atoms with Crippen molar-refractivity contribution < 1.29 is 9.47 Å². The van der Waals surface area contributed by atoms with Crippen LogP contribution in [0.25, 0.3) is 0 Å². The summed E-state index contributed by atoms with van der Waals surface area (Å²) in [6.45, 7) is 6.28. The van der Waals surface area contributed by atoms with Crippen molar-refractivity contribution in [3.05, 3.63) is 0 Å². The van der Waals surface area contributed by atoms with Gasteiger partial charge in [-0.05, 0) is 18.8 Å². The molecule has 1 aliphatic heterocycles. The van der Waals surface area contributed by atoms with E-state index in [-0.39, 0.29) is 5.79 Å². The highest BCUT2D eigenvalue weighted by atomic mass is 16.7. The minimum Gasteiger partial charge on any atom is -0.350 e. The first-order valence-electron chi connectivity index (χ1n) is 5.50. The topological polar surface area (TPSA) is 18.5 Å². The monoisotopic (exact) mass is 184 g/mol. The van der Waals surface area contributed by atoms with E-state index in [1.165, 1.54) is 12.8 Å². The summed E-state index contributed by atoms with van der Waals surface area (Å²) < 4.78 is 11.8. The van der Waals surface area contributed by atoms with Gasteiger partial charge in [0, 0.05) is 18.8 Å². The van der Waals surface area contributed by atoms with Crippen molar-refractivity contribution in [1.29, 1.82) is 0 Å². The molecule has 1 aliphatic carbocycles. The van der Waals surface area contributed by atoms with Crippen molar-refractivity contribution in [1.82, 2.24) is 0 Å². The predicted octanol–water partition coefficient (Wildman–Crippen LogP) is 2.58. The molecule has 0 amide bonds. The van der Waals surface area contributed by atoms with Crippen LogP contribution in [0.3, 0.4) is 0 Å². The Hall–Kier alpha value is -0.0800. The van der Waals surface area contributed by atoms with Gasteiger partial charge in [0.2, 0.25) is 0 Å². The normalized spacial score (nSPS) is 28.8. The van der Waals surface area contributed by atoms with Crippen LogP contribution in [0.2, 0.25) is 0 Å². The summed E-state index contributed by atoms with van der Waals surface area (Å²) in [5.74, 6) is 1.12. The Morgan fingerprint density at radius 2 is 1.62 bits per heavy atom. The van der Waals surface area contributed by atoms with Crippen LogP contribution in [0.1, 0.15) is 39.5 Å². The molecule has 13 heavy (non-hydrogen) atoms. The van der Waals surface area contributed by atoms with E-state index in [1.54, 1.807) is 0 Å². The quantitative estimate of drug-likeness (QED) is 0.623. The average molecular weight is 184 g/mol. The van der Waals surface area contributed by atoms with E-state index in [0.29, 0.717) is 11.8 Å². The van der Waals surface area contributed by atoms with Crippen LogP contribution in [-0.2, 0) is 9.47 Å². The van der Waals surface area contributed by atoms with Crippen molar-refractivity contribution in [3.63, 3.8) is 0 Å². The van der Waals surface area contributed by atoms with Crippen LogP contribution in [0.4, 0.5) is 0 Å². The Balaban J connectivity index is 1.88. The third-order valence-electron chi connectivity index (χ3n) is 3.43. The zero-order valence-electron chi connectivity index (χ0n) is 8.71. The second kappa shape index (κ2) is 3.58. The summed E-state index contributed by atoms with van der Waals surface area (Å²) in [7, 11) is 0. The molecule has 0 N–H and O–H groups in total. The lowest BCUT2D eigenvalue weighted by Gasteiger charge is -2.38. The van der Waals surface area contributed by atoms with Crippen molar-refractivity contribution in [2.75, 3.05) is 13.2 Å². The third-order valence-corrected chi connectivity index (χ3v) is 3.43. The number of hydrogen-bond donors (Lipinski definition) is 0. The van der Waals surface area contributed by atoms with E-state index in [0.717, 1.165) is 26.1 Å². The molecule has 0 aromatic heterocycles. The fourth-order valence-electron chi connectivity index (χ4n) is 2.19. The summed E-state index contributed by atoms with van der Waals surface area (Å²) in [6, 6.07) is 0. The van der Waals surface area contributed by atoms with Crippen LogP contribution < -0.4 is 0 Å². The summed E-state index contributed by atoms with van der Waals surface area (Å²) >= 11 is 0. The molecule has 0 unspecified atom stereocenters. The number of hydrogen-bond acceptors (Lipinski definition) is 2. The Bertz CT molecular complexity index is 161. The first kappa shape index (κ1) is 9.47. The summed E-state index contributed by atoms with van der Waals surface area (Å²) in [5.41, 5.74) is 0. The van der Waals surface area contributed by atoms with E-state index < -0.39 is 0 Å². The number of rotatable bonds is 1. The maximum absolute atomic E-state index is 5.88. The summed E-state index contributed by atoms with van der Waals surface area (Å²) in [5, 5.41) is 0. The molecule has 0 radical (unpaired) electrons. The van der Waals surface area contributed by atoms with Gasteiger partial charge in [-0.1, -0.05) is 13.8 Å². The van der Waals surface area contributed by atoms with Crippen LogP contribution in [0.15, 0.2) is 0 Å². The van der Waals surface area contributed by atoms with Crippen LogP contribution >= 0.6 is 0 Å². The summed E-state index contributed by atoms with van der Waals surface area (Å²) in [4.78, 5) is 0. The van der Waals surface area contributed by atoms with Gasteiger partial charge >= 0.3 is 0 Å². The van der Waals surface area contributed by atoms with Gasteiger partial charge in [-0.15, -0.1) is 0 Å². The van der Waals surface area contributed by atoms with Gasteiger partial charge in [0.1, 0.15) is 0 Å². The molecule has 2 fully saturated rings. The largest absolute Gasteiger partial charge is 0.350 e. The van der Waals surface area contributed by atoms with Gasteiger partial charge in [-0.3, -0.25) is 0 Å². The van der Waals surface area contributed by atoms with Crippen LogP contribution in [-0.4, -0.2) is 19.0 Å². The first-order valence-corrected chi connectivity index (χ1v) is 5.50. The van der Waals surface area contributed by atoms with Crippen molar-refractivity contribution >= 4 is 0 Å². The smallest absolute Gasteiger partial charge is 0.168 e. The fraction of sp³-hybridized carbons (Fsp3) is 1.00. The highest BCUT2D eigenvalue weighted by Gasteiger charge is 2.40. The molecule has 1 saturated carbocycles. The lowest BCUT2D eigenvalue weighted by Crippen LogP contribution is -2.43. The van der Waals surface area contributed by atoms with Gasteiger partial charge in [0.15, 0.2) is 5.79 Å². The van der Waals surface area contributed by atoms with Crippen molar-refractivity contribution in [3.8, 4) is 0 Å². The van der Waals surface area contributed by atoms with E-state index in [9.17, 15) is 0 Å². The maximum atomic E-state index is 5.88. The van der Waals surface area contributed by atoms with E-state index in [2.05, 4.69) is 13.8 Å². The van der Waals surface area contributed by atoms with Crippen LogP contribution in [0.5, 0.6) is 0 Å². The molecule has 1 saturated heterocycles. The highest BCUT2D eigenvalue weighted by Crippen LogP contribution is 2.38. The third kappa shape index (κ3) is 1.89. The van der Waals surface area contributed by atoms with Gasteiger partial charge in [-0.25, -0.2) is 0 Å². The minimum absolute atomic E-state index is 0.161. The zero-order valence-corrected chi connectivity index (χ0v) is 8.71. The highest BCUT2D eigenvalue weighted by molar-refractivity contribution is 4.81. The molecule has 1 spiro atoms. The standard InChI is InChI=1S/C11H20O2/c1-9(2)10-7-12-11(13-8-10)5-3-4-6-11/h9-10H,3-8H2,1-2H3. The number of ether oxygens (including phenoxy) is 2. The second-order valence-corrected chi connectivity index (χ2v) is 4.74. The SMILES string of the molecule is CC(C)C1COC2(CCCC2)OC1. The molecule has 2 aliphatic rings. The van der Waals surface area contributed by atoms with E-state index in [1.807, 2.05) is 0 Å². The lowest BCUT2D eigenvalue weighted by atomic mass is 9.96. The molecule has 76 valence electrons. The minimum atomic E-state index is -0.161. The first-order chi connectivity index (χ1) is 6.22. The Kier molecular flexibility index (Phi) is 2.61. The fourth-order valence-corrected chi connectivity index (χ4v) is 2.19. The molecule has 2 nitrogen and oxygen atoms in total. The Labute approximate surface area is 80.6 Å². The molecule has 1 heterocycles. The molecule has 2 heteroatoms. The molecular weight excluding hydrogens is 164 g/mol. The van der Waals surface area contributed by atoms with E-state index >= 15 is 0 Å². The average Bonchev–Trinajstić information content (AvgIpc) is 2.54. The van der Waals surface area contributed by atoms with Gasteiger partial charge in [0.25, 0.3) is 0 Å². The Morgan fingerprint density at radius 3 is 2.08 bits per heavy atom. The van der Waals surface area contributed by atoms with Crippen LogP contribution in [0, 0.1) is 11.8 Å².